The van der Waals surface area contributed by atoms with E-state index in [0.29, 0.717) is 0 Å². The van der Waals surface area contributed by atoms with Crippen molar-refractivity contribution in [3.8, 4) is 0 Å². The smallest absolute Gasteiger partial charge is 0.340 e. The van der Waals surface area contributed by atoms with Crippen molar-refractivity contribution in [1.82, 2.24) is 4.98 Å². The van der Waals surface area contributed by atoms with E-state index >= 15 is 0 Å². The second-order valence-electron chi connectivity index (χ2n) is 3.02. The zero-order chi connectivity index (χ0) is 12.3. The van der Waals surface area contributed by atoms with E-state index in [0.717, 1.165) is 6.20 Å². The van der Waals surface area contributed by atoms with Crippen molar-refractivity contribution in [2.45, 2.75) is 20.3 Å². The maximum absolute atomic E-state index is 12.4. The monoisotopic (exact) mass is 249 g/mol. The summed E-state index contributed by atoms with van der Waals surface area (Å²) >= 11 is 5.69. The molecule has 1 rings (SSSR count). The molecule has 0 aromatic carbocycles. The van der Waals surface area contributed by atoms with Gasteiger partial charge < -0.3 is 4.74 Å². The maximum atomic E-state index is 12.4. The van der Waals surface area contributed by atoms with Gasteiger partial charge >= 0.3 is 5.97 Å². The molecule has 0 fully saturated rings. The molecule has 0 spiro atoms. The molecule has 88 valence electrons. The normalized spacial score (nSPS) is 10.6. The lowest BCUT2D eigenvalue weighted by atomic mass is 10.1. The highest BCUT2D eigenvalue weighted by molar-refractivity contribution is 6.32. The molecule has 0 aliphatic carbocycles. The van der Waals surface area contributed by atoms with Crippen LogP contribution in [0.25, 0.3) is 0 Å². The average molecular weight is 250 g/mol. The zero-order valence-corrected chi connectivity index (χ0v) is 9.52. The fourth-order valence-corrected chi connectivity index (χ4v) is 1.40. The van der Waals surface area contributed by atoms with Crippen molar-refractivity contribution < 1.29 is 18.3 Å². The first-order valence-corrected chi connectivity index (χ1v) is 4.97. The summed E-state index contributed by atoms with van der Waals surface area (Å²) in [4.78, 5) is 14.8. The molecular formula is C10H10ClF2NO2. The minimum absolute atomic E-state index is 0.108. The van der Waals surface area contributed by atoms with Crippen LogP contribution < -0.4 is 0 Å². The number of hydrogen-bond donors (Lipinski definition) is 0. The Hall–Kier alpha value is -1.23. The summed E-state index contributed by atoms with van der Waals surface area (Å²) in [5, 5.41) is -0.194. The topological polar surface area (TPSA) is 39.2 Å². The summed E-state index contributed by atoms with van der Waals surface area (Å²) in [6.07, 6.45) is -1.71. The van der Waals surface area contributed by atoms with E-state index in [1.165, 1.54) is 6.92 Å². The fourth-order valence-electron chi connectivity index (χ4n) is 1.16. The van der Waals surface area contributed by atoms with Gasteiger partial charge in [-0.2, -0.15) is 0 Å². The van der Waals surface area contributed by atoms with Gasteiger partial charge in [0.25, 0.3) is 6.43 Å². The van der Waals surface area contributed by atoms with Crippen LogP contribution in [0.4, 0.5) is 8.78 Å². The molecule has 0 radical (unpaired) electrons. The van der Waals surface area contributed by atoms with Crippen molar-refractivity contribution in [2.75, 3.05) is 6.61 Å². The Kier molecular flexibility index (Phi) is 4.18. The van der Waals surface area contributed by atoms with Gasteiger partial charge in [0.05, 0.1) is 17.2 Å². The third-order valence-electron chi connectivity index (χ3n) is 1.99. The third-order valence-corrected chi connectivity index (χ3v) is 2.47. The molecule has 3 nitrogen and oxygen atoms in total. The Bertz CT molecular complexity index is 410. The third kappa shape index (κ3) is 2.47. The summed E-state index contributed by atoms with van der Waals surface area (Å²) in [5.41, 5.74) is -0.158. The number of nitrogens with zero attached hydrogens (tertiary/aromatic N) is 1. The molecule has 1 heterocycles. The highest BCUT2D eigenvalue weighted by Crippen LogP contribution is 2.29. The first-order chi connectivity index (χ1) is 7.49. The molecule has 0 atom stereocenters. The van der Waals surface area contributed by atoms with Crippen LogP contribution in [-0.4, -0.2) is 17.6 Å². The molecule has 0 N–H and O–H groups in total. The van der Waals surface area contributed by atoms with Crippen LogP contribution in [0.2, 0.25) is 5.02 Å². The number of hydrogen-bond acceptors (Lipinski definition) is 3. The van der Waals surface area contributed by atoms with E-state index in [1.807, 2.05) is 0 Å². The average Bonchev–Trinajstić information content (AvgIpc) is 2.21. The van der Waals surface area contributed by atoms with Crippen LogP contribution in [-0.2, 0) is 4.74 Å². The van der Waals surface area contributed by atoms with Crippen LogP contribution in [0.5, 0.6) is 0 Å². The van der Waals surface area contributed by atoms with E-state index in [-0.39, 0.29) is 22.8 Å². The number of carbonyl (C=O) groups excluding carboxylic acids is 1. The van der Waals surface area contributed by atoms with Crippen LogP contribution in [0.3, 0.4) is 0 Å². The van der Waals surface area contributed by atoms with E-state index in [9.17, 15) is 13.6 Å². The number of carbonyl (C=O) groups is 1. The minimum atomic E-state index is -2.76. The zero-order valence-electron chi connectivity index (χ0n) is 8.76. The molecule has 0 aliphatic heterocycles. The highest BCUT2D eigenvalue weighted by atomic mass is 35.5. The highest BCUT2D eigenvalue weighted by Gasteiger charge is 2.20. The SMILES string of the molecule is CCOC(=O)c1cnc(C(F)F)c(Cl)c1C. The lowest BCUT2D eigenvalue weighted by Crippen LogP contribution is -2.09. The van der Waals surface area contributed by atoms with E-state index in [2.05, 4.69) is 4.98 Å². The van der Waals surface area contributed by atoms with Crippen LogP contribution in [0, 0.1) is 6.92 Å². The van der Waals surface area contributed by atoms with Crippen molar-refractivity contribution in [3.05, 3.63) is 28.0 Å². The van der Waals surface area contributed by atoms with Gasteiger partial charge in [-0.1, -0.05) is 11.6 Å². The van der Waals surface area contributed by atoms with Crippen LogP contribution in [0.1, 0.15) is 35.0 Å². The molecule has 0 saturated carbocycles. The van der Waals surface area contributed by atoms with Crippen molar-refractivity contribution in [3.63, 3.8) is 0 Å². The Morgan fingerprint density at radius 3 is 2.75 bits per heavy atom. The molecule has 6 heteroatoms. The van der Waals surface area contributed by atoms with E-state index in [1.54, 1.807) is 6.92 Å². The molecule has 1 aromatic heterocycles. The van der Waals surface area contributed by atoms with E-state index < -0.39 is 18.1 Å². The van der Waals surface area contributed by atoms with Gasteiger partial charge in [0.1, 0.15) is 5.69 Å². The summed E-state index contributed by atoms with van der Waals surface area (Å²) < 4.78 is 29.6. The lowest BCUT2D eigenvalue weighted by Gasteiger charge is -2.09. The Morgan fingerprint density at radius 2 is 2.25 bits per heavy atom. The van der Waals surface area contributed by atoms with Crippen LogP contribution in [0.15, 0.2) is 6.20 Å². The van der Waals surface area contributed by atoms with Gasteiger partial charge in [-0.25, -0.2) is 13.6 Å². The van der Waals surface area contributed by atoms with Crippen molar-refractivity contribution in [2.24, 2.45) is 0 Å². The van der Waals surface area contributed by atoms with Gasteiger partial charge in [-0.3, -0.25) is 4.98 Å². The Morgan fingerprint density at radius 1 is 1.62 bits per heavy atom. The van der Waals surface area contributed by atoms with Gasteiger partial charge in [-0.15, -0.1) is 0 Å². The second kappa shape index (κ2) is 5.21. The molecule has 0 bridgehead atoms. The number of halogens is 3. The molecule has 0 amide bonds. The molecule has 1 aromatic rings. The van der Waals surface area contributed by atoms with Gasteiger partial charge in [0.15, 0.2) is 0 Å². The number of rotatable bonds is 3. The van der Waals surface area contributed by atoms with Gasteiger partial charge in [-0.05, 0) is 19.4 Å². The fraction of sp³-hybridized carbons (Fsp3) is 0.400. The van der Waals surface area contributed by atoms with Gasteiger partial charge in [0.2, 0.25) is 0 Å². The largest absolute Gasteiger partial charge is 0.462 e. The number of ether oxygens (including phenoxy) is 1. The number of pyridine rings is 1. The molecular weight excluding hydrogens is 240 g/mol. The minimum Gasteiger partial charge on any atom is -0.462 e. The predicted molar refractivity (Wildman–Crippen MR) is 54.9 cm³/mol. The molecule has 16 heavy (non-hydrogen) atoms. The van der Waals surface area contributed by atoms with Crippen LogP contribution >= 0.6 is 11.6 Å². The predicted octanol–water partition coefficient (Wildman–Crippen LogP) is 3.16. The molecule has 0 unspecified atom stereocenters. The Labute approximate surface area is 96.4 Å². The number of esters is 1. The molecule has 0 aliphatic rings. The van der Waals surface area contributed by atoms with E-state index in [4.69, 9.17) is 16.3 Å². The number of alkyl halides is 2. The first-order valence-electron chi connectivity index (χ1n) is 4.59. The summed E-state index contributed by atoms with van der Waals surface area (Å²) in [6, 6.07) is 0. The quantitative estimate of drug-likeness (QED) is 0.773. The van der Waals surface area contributed by atoms with Crippen molar-refractivity contribution >= 4 is 17.6 Å². The second-order valence-corrected chi connectivity index (χ2v) is 3.40. The summed E-state index contributed by atoms with van der Waals surface area (Å²) in [5.74, 6) is -0.616. The first kappa shape index (κ1) is 12.8. The molecule has 0 saturated heterocycles. The van der Waals surface area contributed by atoms with Crippen molar-refractivity contribution in [1.29, 1.82) is 0 Å². The summed E-state index contributed by atoms with van der Waals surface area (Å²) in [7, 11) is 0. The maximum Gasteiger partial charge on any atom is 0.340 e. The Balaban J connectivity index is 3.16. The summed E-state index contributed by atoms with van der Waals surface area (Å²) in [6.45, 7) is 3.32. The number of aromatic nitrogens is 1. The van der Waals surface area contributed by atoms with Gasteiger partial charge in [0, 0.05) is 6.20 Å². The lowest BCUT2D eigenvalue weighted by molar-refractivity contribution is 0.0524. The standard InChI is InChI=1S/C10H10ClF2NO2/c1-3-16-10(15)6-4-14-8(9(12)13)7(11)5(6)2/h4,9H,3H2,1-2H3.